The molecule has 9 aromatic carbocycles. The predicted molar refractivity (Wildman–Crippen MR) is 215 cm³/mol. The third-order valence-electron chi connectivity index (χ3n) is 10.5. The summed E-state index contributed by atoms with van der Waals surface area (Å²) in [5.41, 5.74) is 8.67. The molecule has 0 aliphatic rings. The fraction of sp³-hybridized carbons (Fsp3) is 0. The third-order valence-corrected chi connectivity index (χ3v) is 10.5. The van der Waals surface area contributed by atoms with Gasteiger partial charge >= 0.3 is 0 Å². The van der Waals surface area contributed by atoms with Crippen molar-refractivity contribution in [3.63, 3.8) is 0 Å². The van der Waals surface area contributed by atoms with Gasteiger partial charge in [-0.25, -0.2) is 0 Å². The van der Waals surface area contributed by atoms with Crippen LogP contribution in [0.4, 0.5) is 17.1 Å². The van der Waals surface area contributed by atoms with E-state index in [0.717, 1.165) is 44.7 Å². The van der Waals surface area contributed by atoms with Crippen molar-refractivity contribution in [1.82, 2.24) is 4.57 Å². The summed E-state index contributed by atoms with van der Waals surface area (Å²) in [5, 5.41) is 12.1. The molecule has 51 heavy (non-hydrogen) atoms. The normalized spacial score (nSPS) is 11.9. The maximum absolute atomic E-state index is 6.23. The Kier molecular flexibility index (Phi) is 5.96. The summed E-state index contributed by atoms with van der Waals surface area (Å²) < 4.78 is 8.62. The number of hydrogen-bond acceptors (Lipinski definition) is 2. The molecule has 0 aliphatic carbocycles. The van der Waals surface area contributed by atoms with E-state index in [1.165, 1.54) is 54.1 Å². The Hall–Kier alpha value is -6.84. The number of furan rings is 1. The van der Waals surface area contributed by atoms with Crippen molar-refractivity contribution >= 4 is 93.1 Å². The SMILES string of the molecule is c1cc(N(c2ccc3ccccc3c2)c2ccc3c(ccc4cc5oc6ccccc6c5cc43)c2)cc(-n2c3ccccc3c3ccccc32)c1. The molecule has 11 aromatic rings. The molecule has 0 saturated heterocycles. The van der Waals surface area contributed by atoms with Gasteiger partial charge in [0.05, 0.1) is 11.0 Å². The summed E-state index contributed by atoms with van der Waals surface area (Å²) in [6.07, 6.45) is 0. The van der Waals surface area contributed by atoms with Gasteiger partial charge in [0.2, 0.25) is 0 Å². The first-order valence-electron chi connectivity index (χ1n) is 17.4. The second-order valence-electron chi connectivity index (χ2n) is 13.4. The third kappa shape index (κ3) is 4.32. The fourth-order valence-corrected chi connectivity index (χ4v) is 8.15. The van der Waals surface area contributed by atoms with Gasteiger partial charge in [0.25, 0.3) is 0 Å². The Balaban J connectivity index is 1.12. The van der Waals surface area contributed by atoms with E-state index in [4.69, 9.17) is 4.42 Å². The highest BCUT2D eigenvalue weighted by Gasteiger charge is 2.18. The van der Waals surface area contributed by atoms with Gasteiger partial charge < -0.3 is 13.9 Å². The number of rotatable bonds is 4. The lowest BCUT2D eigenvalue weighted by Gasteiger charge is -2.27. The number of para-hydroxylation sites is 3. The van der Waals surface area contributed by atoms with Crippen molar-refractivity contribution in [1.29, 1.82) is 0 Å². The average Bonchev–Trinajstić information content (AvgIpc) is 3.72. The summed E-state index contributed by atoms with van der Waals surface area (Å²) in [7, 11) is 0. The molecule has 238 valence electrons. The molecule has 0 bridgehead atoms. The topological polar surface area (TPSA) is 21.3 Å². The number of hydrogen-bond donors (Lipinski definition) is 0. The molecule has 0 spiro atoms. The van der Waals surface area contributed by atoms with Crippen LogP contribution in [-0.4, -0.2) is 4.57 Å². The van der Waals surface area contributed by atoms with Crippen molar-refractivity contribution in [2.45, 2.75) is 0 Å². The van der Waals surface area contributed by atoms with Crippen molar-refractivity contribution < 1.29 is 4.42 Å². The molecule has 3 heteroatoms. The highest BCUT2D eigenvalue weighted by molar-refractivity contribution is 6.17. The summed E-state index contributed by atoms with van der Waals surface area (Å²) in [6, 6.07) is 65.8. The van der Waals surface area contributed by atoms with Gasteiger partial charge in [0, 0.05) is 44.3 Å². The zero-order valence-corrected chi connectivity index (χ0v) is 27.6. The van der Waals surface area contributed by atoms with Crippen molar-refractivity contribution in [2.24, 2.45) is 0 Å². The first kappa shape index (κ1) is 28.0. The molecule has 0 fully saturated rings. The lowest BCUT2D eigenvalue weighted by molar-refractivity contribution is 0.669. The molecule has 0 N–H and O–H groups in total. The molecule has 2 heterocycles. The Bertz CT molecular complexity index is 3110. The van der Waals surface area contributed by atoms with Crippen LogP contribution in [0.3, 0.4) is 0 Å². The largest absolute Gasteiger partial charge is 0.456 e. The molecule has 0 aliphatic heterocycles. The zero-order chi connectivity index (χ0) is 33.5. The van der Waals surface area contributed by atoms with Crippen LogP contribution < -0.4 is 4.90 Å². The minimum absolute atomic E-state index is 0.920. The van der Waals surface area contributed by atoms with Gasteiger partial charge in [-0.15, -0.1) is 0 Å². The minimum Gasteiger partial charge on any atom is -0.456 e. The van der Waals surface area contributed by atoms with Gasteiger partial charge in [-0.3, -0.25) is 0 Å². The molecule has 0 amide bonds. The second-order valence-corrected chi connectivity index (χ2v) is 13.4. The number of aromatic nitrogens is 1. The van der Waals surface area contributed by atoms with Gasteiger partial charge in [-0.05, 0) is 105 Å². The Morgan fingerprint density at radius 2 is 0.941 bits per heavy atom. The quantitative estimate of drug-likeness (QED) is 0.177. The van der Waals surface area contributed by atoms with Crippen LogP contribution in [0.15, 0.2) is 186 Å². The maximum atomic E-state index is 6.23. The fourth-order valence-electron chi connectivity index (χ4n) is 8.15. The molecular weight excluding hydrogens is 621 g/mol. The van der Waals surface area contributed by atoms with E-state index in [9.17, 15) is 0 Å². The molecule has 11 rings (SSSR count). The Morgan fingerprint density at radius 1 is 0.333 bits per heavy atom. The first-order chi connectivity index (χ1) is 25.3. The number of fused-ring (bicyclic) bond motifs is 10. The monoisotopic (exact) mass is 650 g/mol. The Labute approximate surface area is 293 Å². The highest BCUT2D eigenvalue weighted by atomic mass is 16.3. The summed E-state index contributed by atoms with van der Waals surface area (Å²) in [5.74, 6) is 0. The lowest BCUT2D eigenvalue weighted by Crippen LogP contribution is -2.10. The average molecular weight is 651 g/mol. The molecule has 3 nitrogen and oxygen atoms in total. The Morgan fingerprint density at radius 3 is 1.75 bits per heavy atom. The lowest BCUT2D eigenvalue weighted by atomic mass is 9.99. The van der Waals surface area contributed by atoms with E-state index in [-0.39, 0.29) is 0 Å². The van der Waals surface area contributed by atoms with Gasteiger partial charge in [0.15, 0.2) is 0 Å². The van der Waals surface area contributed by atoms with Crippen LogP contribution in [-0.2, 0) is 0 Å². The number of nitrogens with zero attached hydrogens (tertiary/aromatic N) is 2. The van der Waals surface area contributed by atoms with E-state index in [0.29, 0.717) is 0 Å². The van der Waals surface area contributed by atoms with Gasteiger partial charge in [0.1, 0.15) is 11.2 Å². The summed E-state index contributed by atoms with van der Waals surface area (Å²) in [4.78, 5) is 2.39. The molecule has 0 radical (unpaired) electrons. The predicted octanol–water partition coefficient (Wildman–Crippen LogP) is 13.6. The highest BCUT2D eigenvalue weighted by Crippen LogP contribution is 2.41. The van der Waals surface area contributed by atoms with Gasteiger partial charge in [-0.1, -0.05) is 109 Å². The van der Waals surface area contributed by atoms with Crippen LogP contribution >= 0.6 is 0 Å². The maximum Gasteiger partial charge on any atom is 0.136 e. The van der Waals surface area contributed by atoms with Crippen LogP contribution in [0.1, 0.15) is 0 Å². The first-order valence-corrected chi connectivity index (χ1v) is 17.4. The number of benzene rings is 9. The van der Waals surface area contributed by atoms with Crippen LogP contribution in [0, 0.1) is 0 Å². The zero-order valence-electron chi connectivity index (χ0n) is 27.6. The standard InChI is InChI=1S/C48H30N2O/c1-2-11-32-26-37(23-22-31(32)10-1)49(35-12-9-13-36(29-35)50-45-17-6-3-14-40(45)41-15-4-7-18-46(41)50)38-24-25-39-33(27-38)20-21-34-28-48-44(30-43(34)39)42-16-5-8-19-47(42)51-48/h1-30H. The van der Waals surface area contributed by atoms with E-state index in [2.05, 4.69) is 179 Å². The van der Waals surface area contributed by atoms with Crippen LogP contribution in [0.5, 0.6) is 0 Å². The van der Waals surface area contributed by atoms with Crippen LogP contribution in [0.2, 0.25) is 0 Å². The van der Waals surface area contributed by atoms with Crippen molar-refractivity contribution in [3.8, 4) is 5.69 Å². The van der Waals surface area contributed by atoms with E-state index < -0.39 is 0 Å². The van der Waals surface area contributed by atoms with Crippen molar-refractivity contribution in [2.75, 3.05) is 4.90 Å². The second kappa shape index (κ2) is 10.8. The summed E-state index contributed by atoms with van der Waals surface area (Å²) in [6.45, 7) is 0. The van der Waals surface area contributed by atoms with E-state index >= 15 is 0 Å². The van der Waals surface area contributed by atoms with Gasteiger partial charge in [-0.2, -0.15) is 0 Å². The van der Waals surface area contributed by atoms with Crippen LogP contribution in [0.25, 0.3) is 81.7 Å². The minimum atomic E-state index is 0.920. The smallest absolute Gasteiger partial charge is 0.136 e. The molecule has 2 aromatic heterocycles. The van der Waals surface area contributed by atoms with E-state index in [1.54, 1.807) is 0 Å². The van der Waals surface area contributed by atoms with Crippen molar-refractivity contribution in [3.05, 3.63) is 182 Å². The number of anilines is 3. The summed E-state index contributed by atoms with van der Waals surface area (Å²) >= 11 is 0. The molecule has 0 unspecified atom stereocenters. The van der Waals surface area contributed by atoms with E-state index in [1.807, 2.05) is 12.1 Å². The molecular formula is C48H30N2O. The molecule has 0 saturated carbocycles. The molecule has 0 atom stereocenters.